The van der Waals surface area contributed by atoms with Gasteiger partial charge in [-0.3, -0.25) is 4.79 Å². The van der Waals surface area contributed by atoms with E-state index in [1.54, 1.807) is 55.5 Å². The Labute approximate surface area is 142 Å². The van der Waals surface area contributed by atoms with Gasteiger partial charge >= 0.3 is 5.63 Å². The van der Waals surface area contributed by atoms with Crippen molar-refractivity contribution in [2.24, 2.45) is 5.10 Å². The maximum absolute atomic E-state index is 12.1. The highest BCUT2D eigenvalue weighted by Crippen LogP contribution is 2.19. The van der Waals surface area contributed by atoms with E-state index in [1.165, 1.54) is 0 Å². The number of hydrogen-bond donors (Lipinski definition) is 1. The van der Waals surface area contributed by atoms with Crippen molar-refractivity contribution in [2.75, 3.05) is 0 Å². The monoisotopic (exact) mass is 340 g/mol. The summed E-state index contributed by atoms with van der Waals surface area (Å²) in [5, 5.41) is 5.20. The number of fused-ring (bicyclic) bond motifs is 1. The number of benzene rings is 2. The maximum atomic E-state index is 12.1. The number of amides is 1. The second-order valence-corrected chi connectivity index (χ2v) is 5.57. The van der Waals surface area contributed by atoms with E-state index in [4.69, 9.17) is 16.0 Å². The second-order valence-electron chi connectivity index (χ2n) is 5.13. The second kappa shape index (κ2) is 6.68. The highest BCUT2D eigenvalue weighted by molar-refractivity contribution is 6.31. The summed E-state index contributed by atoms with van der Waals surface area (Å²) in [6.07, 6.45) is 0. The third-order valence-electron chi connectivity index (χ3n) is 3.45. The third kappa shape index (κ3) is 3.36. The zero-order valence-corrected chi connectivity index (χ0v) is 13.5. The quantitative estimate of drug-likeness (QED) is 0.450. The molecule has 1 N–H and O–H groups in total. The number of rotatable bonds is 3. The highest BCUT2D eigenvalue weighted by Gasteiger charge is 2.10. The van der Waals surface area contributed by atoms with Crippen molar-refractivity contribution in [1.29, 1.82) is 0 Å². The summed E-state index contributed by atoms with van der Waals surface area (Å²) in [5.41, 5.74) is 3.42. The van der Waals surface area contributed by atoms with Crippen molar-refractivity contribution in [1.82, 2.24) is 5.43 Å². The van der Waals surface area contributed by atoms with Gasteiger partial charge in [0.2, 0.25) is 0 Å². The molecule has 0 atom stereocenters. The van der Waals surface area contributed by atoms with Gasteiger partial charge in [-0.2, -0.15) is 5.10 Å². The van der Waals surface area contributed by atoms with Gasteiger partial charge in [-0.25, -0.2) is 10.2 Å². The van der Waals surface area contributed by atoms with Gasteiger partial charge in [-0.05, 0) is 43.3 Å². The summed E-state index contributed by atoms with van der Waals surface area (Å²) in [5.74, 6) is -0.358. The number of hydrogen-bond acceptors (Lipinski definition) is 4. The van der Waals surface area contributed by atoms with Crippen LogP contribution in [0.25, 0.3) is 11.0 Å². The van der Waals surface area contributed by atoms with Gasteiger partial charge < -0.3 is 4.42 Å². The number of hydrazone groups is 1. The van der Waals surface area contributed by atoms with Gasteiger partial charge in [-0.1, -0.05) is 29.8 Å². The van der Waals surface area contributed by atoms with Crippen molar-refractivity contribution >= 4 is 34.2 Å². The number of carbonyl (C=O) groups excluding carboxylic acids is 1. The van der Waals surface area contributed by atoms with E-state index in [0.29, 0.717) is 27.3 Å². The maximum Gasteiger partial charge on any atom is 0.345 e. The van der Waals surface area contributed by atoms with Crippen LogP contribution in [0.4, 0.5) is 0 Å². The van der Waals surface area contributed by atoms with Gasteiger partial charge in [0.1, 0.15) is 5.58 Å². The van der Waals surface area contributed by atoms with Crippen LogP contribution in [0.1, 0.15) is 22.8 Å². The minimum atomic E-state index is -0.528. The summed E-state index contributed by atoms with van der Waals surface area (Å²) in [7, 11) is 0. The molecule has 2 aromatic carbocycles. The predicted octanol–water partition coefficient (Wildman–Crippen LogP) is 3.60. The van der Waals surface area contributed by atoms with Crippen molar-refractivity contribution in [3.05, 3.63) is 81.2 Å². The Bertz CT molecular complexity index is 994. The number of nitrogens with zero attached hydrogens (tertiary/aromatic N) is 1. The SMILES string of the molecule is C/C(=N\NC(=O)c1ccccc1)c1cc2cc(Cl)ccc2oc1=O. The van der Waals surface area contributed by atoms with Crippen LogP contribution < -0.4 is 11.1 Å². The molecule has 0 aliphatic heterocycles. The van der Waals surface area contributed by atoms with E-state index in [-0.39, 0.29) is 11.5 Å². The van der Waals surface area contributed by atoms with E-state index in [2.05, 4.69) is 10.5 Å². The molecule has 1 heterocycles. The fourth-order valence-electron chi connectivity index (χ4n) is 2.20. The van der Waals surface area contributed by atoms with E-state index in [0.717, 1.165) is 0 Å². The Kier molecular flexibility index (Phi) is 4.44. The summed E-state index contributed by atoms with van der Waals surface area (Å²) in [4.78, 5) is 24.1. The first-order chi connectivity index (χ1) is 11.5. The first kappa shape index (κ1) is 16.0. The Morgan fingerprint density at radius 1 is 1.12 bits per heavy atom. The molecule has 0 aliphatic carbocycles. The van der Waals surface area contributed by atoms with Crippen LogP contribution in [0.2, 0.25) is 5.02 Å². The molecule has 3 aromatic rings. The topological polar surface area (TPSA) is 71.7 Å². The molecule has 5 nitrogen and oxygen atoms in total. The minimum absolute atomic E-state index is 0.262. The molecule has 0 spiro atoms. The molecule has 3 rings (SSSR count). The van der Waals surface area contributed by atoms with Crippen LogP contribution in [0.3, 0.4) is 0 Å². The molecular weight excluding hydrogens is 328 g/mol. The van der Waals surface area contributed by atoms with Crippen molar-refractivity contribution < 1.29 is 9.21 Å². The Morgan fingerprint density at radius 2 is 1.88 bits per heavy atom. The average molecular weight is 341 g/mol. The first-order valence-corrected chi connectivity index (χ1v) is 7.56. The molecule has 0 radical (unpaired) electrons. The van der Waals surface area contributed by atoms with Crippen molar-refractivity contribution in [2.45, 2.75) is 6.92 Å². The molecule has 0 saturated carbocycles. The molecule has 0 fully saturated rings. The molecule has 120 valence electrons. The third-order valence-corrected chi connectivity index (χ3v) is 3.68. The van der Waals surface area contributed by atoms with Gasteiger partial charge in [0.15, 0.2) is 0 Å². The van der Waals surface area contributed by atoms with Crippen LogP contribution >= 0.6 is 11.6 Å². The Hall–Kier alpha value is -2.92. The zero-order chi connectivity index (χ0) is 17.1. The molecule has 0 unspecified atom stereocenters. The fraction of sp³-hybridized carbons (Fsp3) is 0.0556. The summed E-state index contributed by atoms with van der Waals surface area (Å²) in [6.45, 7) is 1.62. The normalized spacial score (nSPS) is 11.5. The van der Waals surface area contributed by atoms with E-state index < -0.39 is 5.63 Å². The van der Waals surface area contributed by atoms with Gasteiger partial charge in [0, 0.05) is 16.0 Å². The van der Waals surface area contributed by atoms with E-state index >= 15 is 0 Å². The lowest BCUT2D eigenvalue weighted by Gasteiger charge is -2.04. The standard InChI is InChI=1S/C18H13ClN2O3/c1-11(20-21-17(22)12-5-3-2-4-6-12)15-10-13-9-14(19)7-8-16(13)24-18(15)23/h2-10H,1H3,(H,21,22)/b20-11+. The smallest absolute Gasteiger partial charge is 0.345 e. The predicted molar refractivity (Wildman–Crippen MR) is 93.6 cm³/mol. The Morgan fingerprint density at radius 3 is 2.62 bits per heavy atom. The van der Waals surface area contributed by atoms with Crippen LogP contribution in [0, 0.1) is 0 Å². The molecule has 1 aromatic heterocycles. The summed E-state index contributed by atoms with van der Waals surface area (Å²) >= 11 is 5.95. The first-order valence-electron chi connectivity index (χ1n) is 7.18. The lowest BCUT2D eigenvalue weighted by molar-refractivity contribution is 0.0955. The minimum Gasteiger partial charge on any atom is -0.422 e. The lowest BCUT2D eigenvalue weighted by Crippen LogP contribution is -2.21. The number of carbonyl (C=O) groups is 1. The van der Waals surface area contributed by atoms with Crippen LogP contribution in [-0.2, 0) is 0 Å². The molecule has 0 aliphatic rings. The van der Waals surface area contributed by atoms with Crippen LogP contribution in [-0.4, -0.2) is 11.6 Å². The number of halogens is 1. The largest absolute Gasteiger partial charge is 0.422 e. The molecule has 0 saturated heterocycles. The Balaban J connectivity index is 1.90. The van der Waals surface area contributed by atoms with Gasteiger partial charge in [0.05, 0.1) is 11.3 Å². The molecule has 6 heteroatoms. The highest BCUT2D eigenvalue weighted by atomic mass is 35.5. The molecule has 1 amide bonds. The van der Waals surface area contributed by atoms with Crippen molar-refractivity contribution in [3.8, 4) is 0 Å². The van der Waals surface area contributed by atoms with Gasteiger partial charge in [-0.15, -0.1) is 0 Å². The zero-order valence-electron chi connectivity index (χ0n) is 12.7. The van der Waals surface area contributed by atoms with E-state index in [9.17, 15) is 9.59 Å². The molecule has 24 heavy (non-hydrogen) atoms. The molecular formula is C18H13ClN2O3. The average Bonchev–Trinajstić information content (AvgIpc) is 2.60. The van der Waals surface area contributed by atoms with Crippen LogP contribution in [0.5, 0.6) is 0 Å². The fourth-order valence-corrected chi connectivity index (χ4v) is 2.38. The molecule has 0 bridgehead atoms. The lowest BCUT2D eigenvalue weighted by atomic mass is 10.1. The summed E-state index contributed by atoms with van der Waals surface area (Å²) in [6, 6.07) is 15.3. The number of nitrogens with one attached hydrogen (secondary N) is 1. The van der Waals surface area contributed by atoms with Crippen LogP contribution in [0.15, 0.2) is 68.9 Å². The summed E-state index contributed by atoms with van der Waals surface area (Å²) < 4.78 is 5.25. The van der Waals surface area contributed by atoms with Crippen molar-refractivity contribution in [3.63, 3.8) is 0 Å². The van der Waals surface area contributed by atoms with E-state index in [1.807, 2.05) is 6.07 Å². The van der Waals surface area contributed by atoms with Gasteiger partial charge in [0.25, 0.3) is 5.91 Å².